The molecule has 0 bridgehead atoms. The Hall–Kier alpha value is -7.97. The van der Waals surface area contributed by atoms with Gasteiger partial charge in [-0.15, -0.1) is 0 Å². The molecule has 4 N–H and O–H groups in total. The van der Waals surface area contributed by atoms with Crippen molar-refractivity contribution >= 4 is 76.9 Å². The first kappa shape index (κ1) is 61.6. The minimum Gasteiger partial charge on any atom is -0.361 e. The lowest BCUT2D eigenvalue weighted by Crippen LogP contribution is -2.37. The third-order valence-corrected chi connectivity index (χ3v) is 18.1. The van der Waals surface area contributed by atoms with Crippen LogP contribution < -0.4 is 0 Å². The van der Waals surface area contributed by atoms with E-state index in [2.05, 4.69) is 32.2 Å². The molecule has 0 saturated carbocycles. The monoisotopic (exact) mass is 1200 g/mol. The zero-order valence-corrected chi connectivity index (χ0v) is 48.1. The lowest BCUT2D eigenvalue weighted by atomic mass is 9.89. The quantitative estimate of drug-likeness (QED) is 0.124. The number of hydrogen-bond acceptors (Lipinski definition) is 6. The third kappa shape index (κ3) is 14.2. The normalized spacial score (nSPS) is 17.0. The number of H-pyrrole nitrogens is 4. The number of halogens is 8. The van der Waals surface area contributed by atoms with Gasteiger partial charge < -0.3 is 34.6 Å². The number of benzene rings is 4. The largest absolute Gasteiger partial charge is 0.416 e. The van der Waals surface area contributed by atoms with Gasteiger partial charge in [-0.05, 0) is 133 Å². The Balaban J connectivity index is 0.000000136. The van der Waals surface area contributed by atoms with Crippen molar-refractivity contribution in [1.82, 2.24) is 38.9 Å². The fraction of sp³-hybridized carbons (Fsp3) is 0.387. The van der Waals surface area contributed by atoms with Crippen LogP contribution in [0.1, 0.15) is 122 Å². The summed E-state index contributed by atoms with van der Waals surface area (Å²) in [6.07, 6.45) is 7.42. The van der Waals surface area contributed by atoms with Crippen LogP contribution in [0.3, 0.4) is 0 Å². The molecular formula is C62H65F8N9O5S. The predicted molar refractivity (Wildman–Crippen MR) is 310 cm³/mol. The van der Waals surface area contributed by atoms with Gasteiger partial charge in [-0.25, -0.2) is 21.5 Å². The van der Waals surface area contributed by atoms with Gasteiger partial charge in [0.1, 0.15) is 11.6 Å². The number of rotatable bonds is 5. The van der Waals surface area contributed by atoms with Crippen molar-refractivity contribution in [3.05, 3.63) is 148 Å². The number of fused-ring (bicyclic) bond motifs is 4. The SMILES string of the molecule is CC(=O)N1CC=C(c2c[nH]c3c(F)cc(F)cc23)CC1.CC(=O)N1CCC(c2c[nH]c3cc(C(F)(F)F)ccc23)CC1.CC(=O)N1CCC(c2c[nH]c3ccc(C#N)cc23)CC1.CS(=O)(=O)N1CCC(c2c[nH]c3cc(C(F)(F)F)ccc23)CC1. The second-order valence-electron chi connectivity index (χ2n) is 22.1. The summed E-state index contributed by atoms with van der Waals surface area (Å²) in [5, 5.41) is 12.3. The molecule has 0 unspecified atom stereocenters. The maximum atomic E-state index is 13.7. The van der Waals surface area contributed by atoms with E-state index < -0.39 is 45.1 Å². The van der Waals surface area contributed by atoms with Crippen LogP contribution in [0.4, 0.5) is 35.1 Å². The first-order valence-corrected chi connectivity index (χ1v) is 29.9. The van der Waals surface area contributed by atoms with E-state index >= 15 is 0 Å². The number of nitrogens with one attached hydrogen (secondary N) is 4. The number of nitriles is 1. The first-order chi connectivity index (χ1) is 40.3. The summed E-state index contributed by atoms with van der Waals surface area (Å²) in [6, 6.07) is 17.7. The van der Waals surface area contributed by atoms with Crippen LogP contribution in [0.15, 0.2) is 97.6 Å². The van der Waals surface area contributed by atoms with Crippen molar-refractivity contribution in [2.24, 2.45) is 0 Å². The molecule has 0 aliphatic carbocycles. The van der Waals surface area contributed by atoms with Crippen LogP contribution in [0.25, 0.3) is 49.2 Å². The van der Waals surface area contributed by atoms with Gasteiger partial charge in [0.15, 0.2) is 0 Å². The summed E-state index contributed by atoms with van der Waals surface area (Å²) in [7, 11) is -3.18. The molecule has 3 amide bonds. The van der Waals surface area contributed by atoms with E-state index in [4.69, 9.17) is 5.26 Å². The Kier molecular flexibility index (Phi) is 18.3. The molecule has 12 rings (SSSR count). The number of aromatic amines is 4. The van der Waals surface area contributed by atoms with Crippen molar-refractivity contribution in [1.29, 1.82) is 5.26 Å². The Labute approximate surface area is 485 Å². The van der Waals surface area contributed by atoms with Crippen LogP contribution in [0.5, 0.6) is 0 Å². The minimum atomic E-state index is -4.36. The molecule has 4 aromatic heterocycles. The molecule has 4 aliphatic heterocycles. The average Bonchev–Trinajstić information content (AvgIpc) is 4.08. The van der Waals surface area contributed by atoms with E-state index in [1.54, 1.807) is 43.4 Å². The fourth-order valence-electron chi connectivity index (χ4n) is 12.0. The number of aromatic nitrogens is 4. The zero-order chi connectivity index (χ0) is 61.1. The number of hydrogen-bond donors (Lipinski definition) is 4. The lowest BCUT2D eigenvalue weighted by Gasteiger charge is -2.31. The molecule has 85 heavy (non-hydrogen) atoms. The molecule has 450 valence electrons. The van der Waals surface area contributed by atoms with Crippen molar-refractivity contribution in [2.75, 3.05) is 58.6 Å². The maximum Gasteiger partial charge on any atom is 0.416 e. The van der Waals surface area contributed by atoms with Crippen molar-refractivity contribution in [3.8, 4) is 6.07 Å². The van der Waals surface area contributed by atoms with Crippen LogP contribution in [0.2, 0.25) is 0 Å². The van der Waals surface area contributed by atoms with Gasteiger partial charge in [0.05, 0.1) is 34.5 Å². The summed E-state index contributed by atoms with van der Waals surface area (Å²) in [6.45, 7) is 9.83. The van der Waals surface area contributed by atoms with Gasteiger partial charge in [0.2, 0.25) is 27.7 Å². The number of amides is 3. The van der Waals surface area contributed by atoms with Gasteiger partial charge in [-0.1, -0.05) is 18.2 Å². The van der Waals surface area contributed by atoms with Gasteiger partial charge >= 0.3 is 12.4 Å². The number of likely N-dealkylation sites (tertiary alicyclic amines) is 2. The Morgan fingerprint density at radius 2 is 1.02 bits per heavy atom. The first-order valence-electron chi connectivity index (χ1n) is 28.0. The highest BCUT2D eigenvalue weighted by Gasteiger charge is 2.34. The highest BCUT2D eigenvalue weighted by Crippen LogP contribution is 2.40. The van der Waals surface area contributed by atoms with E-state index in [0.717, 1.165) is 113 Å². The number of alkyl halides is 6. The molecule has 8 aromatic rings. The van der Waals surface area contributed by atoms with Crippen molar-refractivity contribution in [3.63, 3.8) is 0 Å². The summed E-state index contributed by atoms with van der Waals surface area (Å²) in [5.74, 6) is -0.00355. The number of sulfonamides is 1. The van der Waals surface area contributed by atoms with Gasteiger partial charge in [-0.2, -0.15) is 31.6 Å². The molecule has 23 heteroatoms. The highest BCUT2D eigenvalue weighted by molar-refractivity contribution is 7.88. The van der Waals surface area contributed by atoms with Crippen LogP contribution in [0, 0.1) is 23.0 Å². The maximum absolute atomic E-state index is 13.7. The predicted octanol–water partition coefficient (Wildman–Crippen LogP) is 13.1. The molecule has 0 radical (unpaired) electrons. The smallest absolute Gasteiger partial charge is 0.361 e. The van der Waals surface area contributed by atoms with E-state index in [1.807, 2.05) is 34.1 Å². The fourth-order valence-corrected chi connectivity index (χ4v) is 12.9. The second kappa shape index (κ2) is 25.3. The molecule has 0 spiro atoms. The molecule has 8 heterocycles. The van der Waals surface area contributed by atoms with E-state index in [-0.39, 0.29) is 29.6 Å². The average molecular weight is 1200 g/mol. The standard InChI is InChI=1S/C16H17F3N2O.C16H17N3O.C15H17F3N2O2S.C15H14F2N2O/c1-10(22)21-6-4-11(5-7-21)14-9-20-15-8-12(16(17,18)19)2-3-13(14)15;1-11(20)19-6-4-13(5-7-19)15-10-18-16-3-2-12(9-17)8-14(15)16;1-23(21,22)20-6-4-10(5-7-20)13-9-19-14-8-11(15(16,17)18)2-3-12(13)14;1-9(20)19-4-2-10(3-5-19)13-8-18-15-12(13)6-11(16)7-14(15)17/h2-3,8-9,11,20H,4-7H2,1H3;2-3,8,10,13,18H,4-7H2,1H3;2-3,8-10,19H,4-7H2,1H3;2,6-8,18H,3-5H2,1H3. The van der Waals surface area contributed by atoms with Crippen molar-refractivity contribution in [2.45, 2.75) is 95.8 Å². The van der Waals surface area contributed by atoms with Crippen LogP contribution >= 0.6 is 0 Å². The molecule has 3 saturated heterocycles. The molecule has 4 aliphatic rings. The third-order valence-electron chi connectivity index (χ3n) is 16.8. The van der Waals surface area contributed by atoms with Gasteiger partial charge in [0, 0.05) is 148 Å². The van der Waals surface area contributed by atoms with E-state index in [0.29, 0.717) is 91.9 Å². The van der Waals surface area contributed by atoms with Crippen molar-refractivity contribution < 1.29 is 57.9 Å². The van der Waals surface area contributed by atoms with Gasteiger partial charge in [-0.3, -0.25) is 14.4 Å². The molecule has 0 atom stereocenters. The number of carbonyl (C=O) groups excluding carboxylic acids is 3. The summed E-state index contributed by atoms with van der Waals surface area (Å²) >= 11 is 0. The van der Waals surface area contributed by atoms with E-state index in [9.17, 15) is 57.9 Å². The van der Waals surface area contributed by atoms with Gasteiger partial charge in [0.25, 0.3) is 0 Å². The Morgan fingerprint density at radius 3 is 1.46 bits per heavy atom. The van der Waals surface area contributed by atoms with E-state index in [1.165, 1.54) is 35.2 Å². The minimum absolute atomic E-state index is 0.0383. The number of carbonyl (C=O) groups is 3. The number of nitrogens with zero attached hydrogens (tertiary/aromatic N) is 5. The zero-order valence-electron chi connectivity index (χ0n) is 47.3. The highest BCUT2D eigenvalue weighted by atomic mass is 32.2. The molecular weight excluding hydrogens is 1130 g/mol. The topological polar surface area (TPSA) is 185 Å². The summed E-state index contributed by atoms with van der Waals surface area (Å²) < 4.78 is 128. The Morgan fingerprint density at radius 1 is 0.553 bits per heavy atom. The summed E-state index contributed by atoms with van der Waals surface area (Å²) in [4.78, 5) is 51.5. The molecule has 4 aromatic carbocycles. The second-order valence-corrected chi connectivity index (χ2v) is 24.1. The lowest BCUT2D eigenvalue weighted by molar-refractivity contribution is -0.138. The summed E-state index contributed by atoms with van der Waals surface area (Å²) in [5.41, 5.74) is 6.85. The Bertz CT molecular complexity index is 3940. The molecule has 14 nitrogen and oxygen atoms in total. The van der Waals surface area contributed by atoms with Crippen LogP contribution in [-0.4, -0.2) is 124 Å². The number of piperidine rings is 3. The molecule has 3 fully saturated rings. The van der Waals surface area contributed by atoms with Crippen LogP contribution in [-0.2, 0) is 36.8 Å².